The Morgan fingerprint density at radius 1 is 1.56 bits per heavy atom. The fourth-order valence-electron chi connectivity index (χ4n) is 1.02. The monoisotopic (exact) mass is 267 g/mol. The Bertz CT molecular complexity index is 568. The van der Waals surface area contributed by atoms with E-state index in [0.717, 1.165) is 6.20 Å². The Hall–Kier alpha value is -1.46. The topological polar surface area (TPSA) is 96.8 Å². The van der Waals surface area contributed by atoms with E-state index in [1.807, 2.05) is 0 Å². The van der Waals surface area contributed by atoms with E-state index >= 15 is 0 Å². The van der Waals surface area contributed by atoms with E-state index in [1.165, 1.54) is 6.07 Å². The molecule has 1 aromatic heterocycles. The molecule has 0 amide bonds. The van der Waals surface area contributed by atoms with E-state index in [2.05, 4.69) is 4.98 Å². The smallest absolute Gasteiger partial charge is 0.281 e. The molecule has 0 aliphatic heterocycles. The largest absolute Gasteiger partial charge is 0.396 e. The number of nitriles is 1. The average Bonchev–Trinajstić information content (AvgIpc) is 2.14. The van der Waals surface area contributed by atoms with Crippen molar-refractivity contribution in [2.24, 2.45) is 0 Å². The number of halogens is 3. The molecule has 0 atom stereocenters. The second-order valence-corrected chi connectivity index (χ2v) is 5.15. The average molecular weight is 268 g/mol. The summed E-state index contributed by atoms with van der Waals surface area (Å²) in [5.41, 5.74) is 3.24. The predicted molar refractivity (Wildman–Crippen MR) is 51.4 cm³/mol. The van der Waals surface area contributed by atoms with E-state index < -0.39 is 31.8 Å². The highest BCUT2D eigenvalue weighted by Gasteiger charge is 2.27. The second-order valence-electron chi connectivity index (χ2n) is 2.65. The standard InChI is InChI=1S/C7H4ClF2N3O2S/c8-16(14,15)6-4(12)3(1-11)2-13-5(6)7(9)10/h2,7H,(H2,12,13). The number of rotatable bonds is 2. The molecular formula is C7H4ClF2N3O2S. The first-order valence-corrected chi connectivity index (χ1v) is 6.01. The van der Waals surface area contributed by atoms with Crippen LogP contribution >= 0.6 is 10.7 Å². The van der Waals surface area contributed by atoms with Crippen LogP contribution in [0, 0.1) is 11.3 Å². The van der Waals surface area contributed by atoms with Crippen molar-refractivity contribution in [2.75, 3.05) is 5.73 Å². The lowest BCUT2D eigenvalue weighted by Gasteiger charge is -2.08. The van der Waals surface area contributed by atoms with Crippen LogP contribution in [0.15, 0.2) is 11.1 Å². The highest BCUT2D eigenvalue weighted by molar-refractivity contribution is 8.13. The summed E-state index contributed by atoms with van der Waals surface area (Å²) in [6, 6.07) is 1.52. The zero-order chi connectivity index (χ0) is 12.5. The van der Waals surface area contributed by atoms with Crippen molar-refractivity contribution in [3.8, 4) is 6.07 Å². The van der Waals surface area contributed by atoms with Crippen molar-refractivity contribution in [1.82, 2.24) is 4.98 Å². The van der Waals surface area contributed by atoms with Gasteiger partial charge in [0.15, 0.2) is 0 Å². The lowest BCUT2D eigenvalue weighted by molar-refractivity contribution is 0.142. The van der Waals surface area contributed by atoms with Gasteiger partial charge in [-0.3, -0.25) is 4.98 Å². The highest BCUT2D eigenvalue weighted by Crippen LogP contribution is 2.32. The van der Waals surface area contributed by atoms with Crippen LogP contribution in [-0.4, -0.2) is 13.4 Å². The van der Waals surface area contributed by atoms with Crippen LogP contribution in [0.25, 0.3) is 0 Å². The number of aromatic nitrogens is 1. The van der Waals surface area contributed by atoms with Gasteiger partial charge in [0.05, 0.1) is 11.3 Å². The first-order valence-electron chi connectivity index (χ1n) is 3.70. The maximum Gasteiger partial charge on any atom is 0.281 e. The van der Waals surface area contributed by atoms with Gasteiger partial charge >= 0.3 is 0 Å². The Morgan fingerprint density at radius 2 is 2.12 bits per heavy atom. The van der Waals surface area contributed by atoms with Gasteiger partial charge in [0, 0.05) is 16.9 Å². The van der Waals surface area contributed by atoms with Crippen LogP contribution in [0.1, 0.15) is 17.7 Å². The first-order chi connectivity index (χ1) is 7.29. The lowest BCUT2D eigenvalue weighted by Crippen LogP contribution is -2.08. The van der Waals surface area contributed by atoms with Gasteiger partial charge in [-0.2, -0.15) is 5.26 Å². The number of alkyl halides is 2. The van der Waals surface area contributed by atoms with Crippen LogP contribution in [0.3, 0.4) is 0 Å². The molecule has 0 fully saturated rings. The summed E-state index contributed by atoms with van der Waals surface area (Å²) in [6.45, 7) is 0. The third kappa shape index (κ3) is 2.20. The van der Waals surface area contributed by atoms with Crippen LogP contribution in [-0.2, 0) is 9.05 Å². The van der Waals surface area contributed by atoms with Crippen molar-refractivity contribution >= 4 is 25.4 Å². The van der Waals surface area contributed by atoms with Crippen molar-refractivity contribution in [2.45, 2.75) is 11.3 Å². The van der Waals surface area contributed by atoms with Gasteiger partial charge in [-0.15, -0.1) is 0 Å². The van der Waals surface area contributed by atoms with Gasteiger partial charge in [0.1, 0.15) is 16.7 Å². The number of hydrogen-bond acceptors (Lipinski definition) is 5. The molecule has 9 heteroatoms. The molecule has 16 heavy (non-hydrogen) atoms. The number of nitrogen functional groups attached to an aromatic ring is 1. The Kier molecular flexibility index (Phi) is 3.30. The molecule has 0 aliphatic rings. The Morgan fingerprint density at radius 3 is 2.50 bits per heavy atom. The minimum absolute atomic E-state index is 0.330. The van der Waals surface area contributed by atoms with Gasteiger partial charge in [-0.1, -0.05) is 0 Å². The minimum atomic E-state index is -4.49. The zero-order valence-electron chi connectivity index (χ0n) is 7.49. The van der Waals surface area contributed by atoms with Crippen LogP contribution < -0.4 is 5.73 Å². The summed E-state index contributed by atoms with van der Waals surface area (Å²) in [5, 5.41) is 8.54. The molecule has 1 heterocycles. The molecule has 5 nitrogen and oxygen atoms in total. The molecule has 0 radical (unpaired) electrons. The molecule has 0 unspecified atom stereocenters. The molecule has 0 spiro atoms. The number of nitrogens with zero attached hydrogens (tertiary/aromatic N) is 2. The second kappa shape index (κ2) is 4.19. The molecule has 1 rings (SSSR count). The quantitative estimate of drug-likeness (QED) is 0.817. The van der Waals surface area contributed by atoms with Gasteiger partial charge in [0.2, 0.25) is 0 Å². The molecule has 86 valence electrons. The Balaban J connectivity index is 3.72. The molecule has 0 aliphatic carbocycles. The summed E-state index contributed by atoms with van der Waals surface area (Å²) < 4.78 is 47.0. The summed E-state index contributed by atoms with van der Waals surface area (Å²) in [7, 11) is 0.463. The van der Waals surface area contributed by atoms with Crippen molar-refractivity contribution in [3.63, 3.8) is 0 Å². The van der Waals surface area contributed by atoms with Crippen LogP contribution in [0.5, 0.6) is 0 Å². The van der Waals surface area contributed by atoms with Crippen LogP contribution in [0.2, 0.25) is 0 Å². The SMILES string of the molecule is N#Cc1cnc(C(F)F)c(S(=O)(=O)Cl)c1N. The third-order valence-corrected chi connectivity index (χ3v) is 3.05. The normalized spacial score (nSPS) is 11.4. The number of nitrogens with two attached hydrogens (primary N) is 1. The van der Waals surface area contributed by atoms with Crippen molar-refractivity contribution < 1.29 is 17.2 Å². The highest BCUT2D eigenvalue weighted by atomic mass is 35.7. The summed E-state index contributed by atoms with van der Waals surface area (Å²) in [6.07, 6.45) is -2.39. The lowest BCUT2D eigenvalue weighted by atomic mass is 10.2. The minimum Gasteiger partial charge on any atom is -0.396 e. The maximum absolute atomic E-state index is 12.4. The molecule has 1 aromatic rings. The molecule has 0 saturated carbocycles. The molecule has 0 saturated heterocycles. The fraction of sp³-hybridized carbons (Fsp3) is 0.143. The van der Waals surface area contributed by atoms with Crippen molar-refractivity contribution in [1.29, 1.82) is 5.26 Å². The molecular weight excluding hydrogens is 264 g/mol. The number of anilines is 1. The molecule has 0 bridgehead atoms. The summed E-state index contributed by atoms with van der Waals surface area (Å²) in [4.78, 5) is 2.15. The van der Waals surface area contributed by atoms with E-state index in [9.17, 15) is 17.2 Å². The fourth-order valence-corrected chi connectivity index (χ4v) is 2.27. The van der Waals surface area contributed by atoms with Gasteiger partial charge in [-0.05, 0) is 0 Å². The maximum atomic E-state index is 12.4. The van der Waals surface area contributed by atoms with E-state index in [-0.39, 0.29) is 5.56 Å². The van der Waals surface area contributed by atoms with Gasteiger partial charge < -0.3 is 5.73 Å². The van der Waals surface area contributed by atoms with Gasteiger partial charge in [-0.25, -0.2) is 17.2 Å². The van der Waals surface area contributed by atoms with E-state index in [4.69, 9.17) is 21.7 Å². The number of hydrogen-bond donors (Lipinski definition) is 1. The zero-order valence-corrected chi connectivity index (χ0v) is 9.06. The van der Waals surface area contributed by atoms with E-state index in [1.54, 1.807) is 0 Å². The molecule has 0 aromatic carbocycles. The Labute approximate surface area is 93.9 Å². The summed E-state index contributed by atoms with van der Waals surface area (Å²) >= 11 is 0. The third-order valence-electron chi connectivity index (χ3n) is 1.67. The molecule has 2 N–H and O–H groups in total. The number of pyridine rings is 1. The van der Waals surface area contributed by atoms with Crippen LogP contribution in [0.4, 0.5) is 14.5 Å². The predicted octanol–water partition coefficient (Wildman–Crippen LogP) is 1.40. The first kappa shape index (κ1) is 12.6. The van der Waals surface area contributed by atoms with E-state index in [0.29, 0.717) is 0 Å². The van der Waals surface area contributed by atoms with Gasteiger partial charge in [0.25, 0.3) is 15.5 Å². The summed E-state index contributed by atoms with van der Waals surface area (Å²) in [5.74, 6) is 0. The van der Waals surface area contributed by atoms with Crippen molar-refractivity contribution in [3.05, 3.63) is 17.5 Å².